The van der Waals surface area contributed by atoms with Crippen LogP contribution in [0.1, 0.15) is 95.7 Å². The number of carbonyl (C=O) groups excluding carboxylic acids is 8. The fourth-order valence-electron chi connectivity index (χ4n) is 10.5. The van der Waals surface area contributed by atoms with Crippen molar-refractivity contribution >= 4 is 47.3 Å². The molecule has 6 atom stereocenters. The quantitative estimate of drug-likeness (QED) is 0.0939. The van der Waals surface area contributed by atoms with Gasteiger partial charge in [-0.15, -0.1) is 0 Å². The van der Waals surface area contributed by atoms with Gasteiger partial charge in [-0.1, -0.05) is 24.3 Å². The van der Waals surface area contributed by atoms with Gasteiger partial charge in [-0.25, -0.2) is 0 Å². The second-order valence-corrected chi connectivity index (χ2v) is 20.2. The van der Waals surface area contributed by atoms with Crippen LogP contribution in [-0.2, 0) is 0 Å². The van der Waals surface area contributed by atoms with Crippen LogP contribution in [0.4, 0.5) is 0 Å². The lowest BCUT2D eigenvalue weighted by atomic mass is 10.0. The second kappa shape index (κ2) is 23.5. The number of hydrogen-bond donors (Lipinski definition) is 12. The summed E-state index contributed by atoms with van der Waals surface area (Å²) in [6, 6.07) is 17.2. The van der Waals surface area contributed by atoms with Gasteiger partial charge in [0.1, 0.15) is 23.0 Å². The molecule has 24 heteroatoms. The topological polar surface area (TPSA) is 326 Å². The van der Waals surface area contributed by atoms with Crippen LogP contribution in [0.25, 0.3) is 0 Å². The smallest absolute Gasteiger partial charge is 0.255 e. The number of aromatic hydroxyl groups is 4. The highest BCUT2D eigenvalue weighted by molar-refractivity contribution is 6.06. The zero-order valence-electron chi connectivity index (χ0n) is 42.9. The van der Waals surface area contributed by atoms with E-state index < -0.39 is 81.3 Å². The summed E-state index contributed by atoms with van der Waals surface area (Å²) in [5.41, 5.74) is -2.48. The molecule has 78 heavy (non-hydrogen) atoms. The first kappa shape index (κ1) is 54.5. The zero-order valence-corrected chi connectivity index (χ0v) is 42.9. The van der Waals surface area contributed by atoms with Gasteiger partial charge in [-0.05, 0) is 61.4 Å². The predicted molar refractivity (Wildman–Crippen MR) is 282 cm³/mol. The van der Waals surface area contributed by atoms with E-state index in [0.717, 1.165) is 0 Å². The van der Waals surface area contributed by atoms with Gasteiger partial charge in [0.05, 0.1) is 55.6 Å². The lowest BCUT2D eigenvalue weighted by Gasteiger charge is -2.28. The maximum absolute atomic E-state index is 13.9. The average molecular weight is 1070 g/mol. The van der Waals surface area contributed by atoms with E-state index in [2.05, 4.69) is 52.3 Å². The summed E-state index contributed by atoms with van der Waals surface area (Å²) in [7, 11) is 0. The fourth-order valence-corrected chi connectivity index (χ4v) is 10.5. The van der Waals surface area contributed by atoms with Crippen molar-refractivity contribution in [2.24, 2.45) is 0 Å². The molecule has 8 amide bonds. The molecule has 5 aliphatic heterocycles. The van der Waals surface area contributed by atoms with E-state index in [4.69, 9.17) is 0 Å². The first-order valence-corrected chi connectivity index (χ1v) is 26.1. The molecule has 0 aliphatic carbocycles. The lowest BCUT2D eigenvalue weighted by Crippen LogP contribution is -2.46. The van der Waals surface area contributed by atoms with E-state index in [1.807, 2.05) is 9.80 Å². The largest absolute Gasteiger partial charge is 0.506 e. The minimum absolute atomic E-state index is 0.0325. The van der Waals surface area contributed by atoms with E-state index in [1.165, 1.54) is 72.8 Å². The van der Waals surface area contributed by atoms with Crippen LogP contribution in [0.5, 0.6) is 23.0 Å². The van der Waals surface area contributed by atoms with E-state index in [-0.39, 0.29) is 136 Å². The fraction of sp³-hybridized carbons (Fsp3) is 0.407. The number of carbonyl (C=O) groups is 8. The molecular formula is C54H64N12O12. The molecule has 5 aliphatic rings. The average Bonchev–Trinajstić information content (AvgIpc) is 4.39. The van der Waals surface area contributed by atoms with Crippen molar-refractivity contribution in [2.45, 2.75) is 23.9 Å². The van der Waals surface area contributed by atoms with Crippen LogP contribution in [0.3, 0.4) is 0 Å². The van der Waals surface area contributed by atoms with Crippen LogP contribution < -0.4 is 42.5 Å². The number of nitrogens with zero attached hydrogens (tertiary/aromatic N) is 4. The third kappa shape index (κ3) is 12.1. The molecule has 4 unspecified atom stereocenters. The first-order chi connectivity index (χ1) is 37.6. The highest BCUT2D eigenvalue weighted by Gasteiger charge is 2.55. The summed E-state index contributed by atoms with van der Waals surface area (Å²) in [5.74, 6) is -7.19. The van der Waals surface area contributed by atoms with Crippen molar-refractivity contribution in [1.82, 2.24) is 62.1 Å². The summed E-state index contributed by atoms with van der Waals surface area (Å²) in [6.45, 7) is 3.41. The Morgan fingerprint density at radius 3 is 0.795 bits per heavy atom. The molecule has 0 saturated carbocycles. The van der Waals surface area contributed by atoms with Gasteiger partial charge in [-0.2, -0.15) is 0 Å². The maximum Gasteiger partial charge on any atom is 0.255 e. The van der Waals surface area contributed by atoms with Crippen molar-refractivity contribution in [3.05, 3.63) is 117 Å². The van der Waals surface area contributed by atoms with Crippen LogP contribution >= 0.6 is 0 Å². The highest BCUT2D eigenvalue weighted by Crippen LogP contribution is 2.39. The number of benzene rings is 4. The number of phenols is 4. The van der Waals surface area contributed by atoms with Gasteiger partial charge in [0.25, 0.3) is 47.3 Å². The molecule has 9 rings (SSSR count). The molecular weight excluding hydrogens is 1010 g/mol. The van der Waals surface area contributed by atoms with Crippen LogP contribution in [0.15, 0.2) is 72.8 Å². The molecule has 12 N–H and O–H groups in total. The van der Waals surface area contributed by atoms with Crippen LogP contribution in [-0.4, -0.2) is 216 Å². The molecule has 12 bridgehead atoms. The number of phenolic OH excluding ortho intramolecular Hbond substituents is 4. The van der Waals surface area contributed by atoms with E-state index in [1.54, 1.807) is 0 Å². The van der Waals surface area contributed by atoms with Gasteiger partial charge in [0, 0.05) is 118 Å². The first-order valence-electron chi connectivity index (χ1n) is 26.1. The molecule has 24 nitrogen and oxygen atoms in total. The van der Waals surface area contributed by atoms with Gasteiger partial charge >= 0.3 is 0 Å². The van der Waals surface area contributed by atoms with Crippen LogP contribution in [0, 0.1) is 0 Å². The Labute approximate surface area is 448 Å². The van der Waals surface area contributed by atoms with E-state index in [0.29, 0.717) is 39.0 Å². The summed E-state index contributed by atoms with van der Waals surface area (Å²) in [5, 5.41) is 68.3. The molecule has 4 aromatic rings. The number of rotatable bonds is 0. The van der Waals surface area contributed by atoms with Crippen molar-refractivity contribution < 1.29 is 58.8 Å². The maximum atomic E-state index is 13.9. The number of hydrogen-bond acceptors (Lipinski definition) is 16. The molecule has 2 saturated heterocycles. The molecule has 0 radical (unpaired) electrons. The van der Waals surface area contributed by atoms with Crippen molar-refractivity contribution in [2.75, 3.05) is 118 Å². The third-order valence-corrected chi connectivity index (χ3v) is 15.3. The number of fused-ring (bicyclic) bond motifs is 16. The van der Waals surface area contributed by atoms with E-state index in [9.17, 15) is 58.8 Å². The molecule has 4 aromatic carbocycles. The predicted octanol–water partition coefficient (Wildman–Crippen LogP) is -1.02. The number of para-hydroxylation sites is 4. The summed E-state index contributed by atoms with van der Waals surface area (Å²) in [4.78, 5) is 118. The molecule has 0 aromatic heterocycles. The monoisotopic (exact) mass is 1070 g/mol. The standard InChI is InChI=1S/C54H64N12O12/c67-41-33-5-1-7-35(41)47(73)57-17-21-63-23-19-59-49(75)37-9-3-11-39(43(37)69)51(77)61-29-53(13-15-55-45(33)71)31-65(53)27-28-66-32-54(66)14-16-56-46(72)34-6-2-8-36(42(34)68)48(74)58-18-22-64(26-25-63)24-20-60-50(76)38-10-4-12-40(44(38)70)52(78)62-30-54/h1-12,67-70H,13-32H2,(H,55,71)(H,56,72)(H,57,73)(H,58,74)(H,59,75)(H,60,76)(H,61,77)(H,62,78)/t53-,54+,65?,66?. The third-order valence-electron chi connectivity index (χ3n) is 15.3. The van der Waals surface area contributed by atoms with Gasteiger partial charge in [-0.3, -0.25) is 58.0 Å². The van der Waals surface area contributed by atoms with Gasteiger partial charge < -0.3 is 63.0 Å². The number of amides is 8. The minimum atomic E-state index is -0.738. The SMILES string of the molecule is O=C1NCCN2CCNC(=O)c3cccc(c3O)C(=O)NC[C@@]3(CCNC(=O)c4cccc1c4O)CN3CCN1C[C@]13CCNC(=O)c1cccc(c1O)C(=O)NCCN(CCNC(=O)c1cccc(c1O)C(=O)NC3)CC2. The van der Waals surface area contributed by atoms with Crippen molar-refractivity contribution in [3.63, 3.8) is 0 Å². The Morgan fingerprint density at radius 1 is 0.308 bits per heavy atom. The Kier molecular flexibility index (Phi) is 16.4. The zero-order chi connectivity index (χ0) is 55.1. The molecule has 2 fully saturated rings. The van der Waals surface area contributed by atoms with Gasteiger partial charge in [0.2, 0.25) is 0 Å². The lowest BCUT2D eigenvalue weighted by molar-refractivity contribution is 0.0915. The van der Waals surface area contributed by atoms with Gasteiger partial charge in [0.15, 0.2) is 0 Å². The Morgan fingerprint density at radius 2 is 0.538 bits per heavy atom. The summed E-state index contributed by atoms with van der Waals surface area (Å²) < 4.78 is 0. The second-order valence-electron chi connectivity index (χ2n) is 20.2. The molecule has 5 heterocycles. The van der Waals surface area contributed by atoms with Crippen LogP contribution in [0.2, 0.25) is 0 Å². The number of nitrogens with one attached hydrogen (secondary N) is 8. The molecule has 2 spiro atoms. The van der Waals surface area contributed by atoms with Crippen molar-refractivity contribution in [3.8, 4) is 23.0 Å². The summed E-state index contributed by atoms with van der Waals surface area (Å²) >= 11 is 0. The molecule has 412 valence electrons. The highest BCUT2D eigenvalue weighted by atomic mass is 16.3. The Bertz CT molecular complexity index is 2830. The Balaban J connectivity index is 1.09. The van der Waals surface area contributed by atoms with Crippen molar-refractivity contribution in [1.29, 1.82) is 0 Å². The minimum Gasteiger partial charge on any atom is -0.506 e. The van der Waals surface area contributed by atoms with E-state index >= 15 is 0 Å². The normalized spacial score (nSPS) is 26.3. The Hall–Kier alpha value is -8.32. The summed E-state index contributed by atoms with van der Waals surface area (Å²) in [6.07, 6.45) is 0.596.